The van der Waals surface area contributed by atoms with Crippen molar-refractivity contribution in [2.45, 2.75) is 13.3 Å². The van der Waals surface area contributed by atoms with Crippen LogP contribution in [0.1, 0.15) is 11.4 Å². The van der Waals surface area contributed by atoms with Gasteiger partial charge in [0.05, 0.1) is 12.1 Å². The zero-order valence-electron chi connectivity index (χ0n) is 9.20. The standard InChI is InChI=1S/C12H11ClN2O2/c1-7-12(8-2-4-9(13)5-3-8)10(15-14-7)6-11(16)17/h2-5H,6H2,1H3,(H,14,15)(H,16,17). The van der Waals surface area contributed by atoms with Crippen molar-refractivity contribution in [3.63, 3.8) is 0 Å². The molecular weight excluding hydrogens is 240 g/mol. The number of aryl methyl sites for hydroxylation is 1. The van der Waals surface area contributed by atoms with Crippen LogP contribution in [-0.2, 0) is 11.2 Å². The summed E-state index contributed by atoms with van der Waals surface area (Å²) in [6.45, 7) is 1.86. The first-order chi connectivity index (χ1) is 8.08. The third-order valence-corrected chi connectivity index (χ3v) is 2.73. The highest BCUT2D eigenvalue weighted by molar-refractivity contribution is 6.30. The van der Waals surface area contributed by atoms with Crippen LogP contribution in [0.15, 0.2) is 24.3 Å². The number of nitrogens with zero attached hydrogens (tertiary/aromatic N) is 1. The average molecular weight is 251 g/mol. The van der Waals surface area contributed by atoms with Gasteiger partial charge in [0.2, 0.25) is 0 Å². The Morgan fingerprint density at radius 2 is 2.06 bits per heavy atom. The monoisotopic (exact) mass is 250 g/mol. The zero-order chi connectivity index (χ0) is 12.4. The fourth-order valence-corrected chi connectivity index (χ4v) is 1.88. The summed E-state index contributed by atoms with van der Waals surface area (Å²) in [7, 11) is 0. The first kappa shape index (κ1) is 11.7. The maximum atomic E-state index is 10.7. The molecular formula is C12H11ClN2O2. The van der Waals surface area contributed by atoms with E-state index in [0.29, 0.717) is 10.7 Å². The number of benzene rings is 1. The van der Waals surface area contributed by atoms with Crippen molar-refractivity contribution in [2.75, 3.05) is 0 Å². The van der Waals surface area contributed by atoms with Gasteiger partial charge in [0.1, 0.15) is 0 Å². The molecule has 0 fully saturated rings. The smallest absolute Gasteiger partial charge is 0.309 e. The second kappa shape index (κ2) is 4.59. The Bertz CT molecular complexity index is 546. The Morgan fingerprint density at radius 3 is 2.65 bits per heavy atom. The third kappa shape index (κ3) is 2.47. The number of hydrogen-bond donors (Lipinski definition) is 2. The molecule has 0 spiro atoms. The summed E-state index contributed by atoms with van der Waals surface area (Å²) >= 11 is 5.82. The summed E-state index contributed by atoms with van der Waals surface area (Å²) in [4.78, 5) is 10.7. The van der Waals surface area contributed by atoms with Crippen molar-refractivity contribution in [1.82, 2.24) is 10.2 Å². The Morgan fingerprint density at radius 1 is 1.41 bits per heavy atom. The number of aromatic nitrogens is 2. The number of nitrogens with one attached hydrogen (secondary N) is 1. The molecule has 0 aliphatic rings. The lowest BCUT2D eigenvalue weighted by molar-refractivity contribution is -0.136. The predicted molar refractivity (Wildman–Crippen MR) is 65.1 cm³/mol. The Labute approximate surface area is 103 Å². The number of rotatable bonds is 3. The van der Waals surface area contributed by atoms with E-state index in [9.17, 15) is 4.79 Å². The number of halogens is 1. The van der Waals surface area contributed by atoms with Gasteiger partial charge in [0.25, 0.3) is 0 Å². The summed E-state index contributed by atoms with van der Waals surface area (Å²) in [5, 5.41) is 16.3. The van der Waals surface area contributed by atoms with Gasteiger partial charge >= 0.3 is 5.97 Å². The molecule has 88 valence electrons. The maximum absolute atomic E-state index is 10.7. The van der Waals surface area contributed by atoms with E-state index in [-0.39, 0.29) is 6.42 Å². The molecule has 0 unspecified atom stereocenters. The van der Waals surface area contributed by atoms with Crippen molar-refractivity contribution >= 4 is 17.6 Å². The second-order valence-corrected chi connectivity index (χ2v) is 4.18. The highest BCUT2D eigenvalue weighted by atomic mass is 35.5. The molecule has 4 nitrogen and oxygen atoms in total. The lowest BCUT2D eigenvalue weighted by Gasteiger charge is -2.02. The first-order valence-corrected chi connectivity index (χ1v) is 5.47. The van der Waals surface area contributed by atoms with Crippen LogP contribution in [0.25, 0.3) is 11.1 Å². The molecule has 2 rings (SSSR count). The minimum Gasteiger partial charge on any atom is -0.481 e. The van der Waals surface area contributed by atoms with Crippen LogP contribution < -0.4 is 0 Å². The molecule has 0 atom stereocenters. The zero-order valence-corrected chi connectivity index (χ0v) is 9.95. The fraction of sp³-hybridized carbons (Fsp3) is 0.167. The number of aromatic amines is 1. The summed E-state index contributed by atoms with van der Waals surface area (Å²) < 4.78 is 0. The molecule has 17 heavy (non-hydrogen) atoms. The Balaban J connectivity index is 2.46. The maximum Gasteiger partial charge on any atom is 0.309 e. The molecule has 5 heteroatoms. The van der Waals surface area contributed by atoms with Gasteiger partial charge in [-0.05, 0) is 24.6 Å². The number of H-pyrrole nitrogens is 1. The van der Waals surface area contributed by atoms with Crippen LogP contribution in [0.4, 0.5) is 0 Å². The van der Waals surface area contributed by atoms with E-state index in [1.165, 1.54) is 0 Å². The lowest BCUT2D eigenvalue weighted by Crippen LogP contribution is -2.01. The van der Waals surface area contributed by atoms with E-state index < -0.39 is 5.97 Å². The van der Waals surface area contributed by atoms with E-state index in [1.54, 1.807) is 12.1 Å². The van der Waals surface area contributed by atoms with Crippen molar-refractivity contribution < 1.29 is 9.90 Å². The number of carbonyl (C=O) groups is 1. The second-order valence-electron chi connectivity index (χ2n) is 3.75. The number of carboxylic acids is 1. The van der Waals surface area contributed by atoms with Crippen molar-refractivity contribution in [3.05, 3.63) is 40.7 Å². The molecule has 0 aliphatic carbocycles. The van der Waals surface area contributed by atoms with Gasteiger partial charge in [0.15, 0.2) is 0 Å². The van der Waals surface area contributed by atoms with Crippen LogP contribution in [0.3, 0.4) is 0 Å². The molecule has 0 radical (unpaired) electrons. The fourth-order valence-electron chi connectivity index (χ4n) is 1.75. The Hall–Kier alpha value is -1.81. The number of hydrogen-bond acceptors (Lipinski definition) is 2. The van der Waals surface area contributed by atoms with Gasteiger partial charge in [0, 0.05) is 16.3 Å². The molecule has 2 N–H and O–H groups in total. The lowest BCUT2D eigenvalue weighted by atomic mass is 10.0. The molecule has 0 saturated heterocycles. The van der Waals surface area contributed by atoms with Crippen LogP contribution in [-0.4, -0.2) is 21.3 Å². The summed E-state index contributed by atoms with van der Waals surface area (Å²) in [6, 6.07) is 7.25. The van der Waals surface area contributed by atoms with Crippen LogP contribution >= 0.6 is 11.6 Å². The quantitative estimate of drug-likeness (QED) is 0.880. The van der Waals surface area contributed by atoms with Gasteiger partial charge in [-0.25, -0.2) is 0 Å². The summed E-state index contributed by atoms with van der Waals surface area (Å²) in [5.74, 6) is -0.897. The Kier molecular flexibility index (Phi) is 3.15. The van der Waals surface area contributed by atoms with Crippen molar-refractivity contribution in [1.29, 1.82) is 0 Å². The van der Waals surface area contributed by atoms with Gasteiger partial charge < -0.3 is 5.11 Å². The van der Waals surface area contributed by atoms with Crippen molar-refractivity contribution in [3.8, 4) is 11.1 Å². The summed E-state index contributed by atoms with van der Waals surface area (Å²) in [5.41, 5.74) is 3.14. The molecule has 0 saturated carbocycles. The first-order valence-electron chi connectivity index (χ1n) is 5.09. The van der Waals surface area contributed by atoms with Gasteiger partial charge in [-0.1, -0.05) is 23.7 Å². The van der Waals surface area contributed by atoms with E-state index in [2.05, 4.69) is 10.2 Å². The molecule has 1 aromatic heterocycles. The number of aliphatic carboxylic acids is 1. The normalized spacial score (nSPS) is 10.5. The van der Waals surface area contributed by atoms with Crippen LogP contribution in [0.5, 0.6) is 0 Å². The highest BCUT2D eigenvalue weighted by Crippen LogP contribution is 2.27. The SMILES string of the molecule is Cc1[nH]nc(CC(=O)O)c1-c1ccc(Cl)cc1. The predicted octanol–water partition coefficient (Wildman–Crippen LogP) is 2.67. The van der Waals surface area contributed by atoms with Crippen LogP contribution in [0, 0.1) is 6.92 Å². The number of carboxylic acid groups (broad SMARTS) is 1. The third-order valence-electron chi connectivity index (χ3n) is 2.47. The van der Waals surface area contributed by atoms with Crippen molar-refractivity contribution in [2.24, 2.45) is 0 Å². The topological polar surface area (TPSA) is 66.0 Å². The van der Waals surface area contributed by atoms with Gasteiger partial charge in [-0.3, -0.25) is 9.89 Å². The van der Waals surface area contributed by atoms with Gasteiger partial charge in [-0.2, -0.15) is 5.10 Å². The molecule has 2 aromatic rings. The van der Waals surface area contributed by atoms with E-state index in [0.717, 1.165) is 16.8 Å². The highest BCUT2D eigenvalue weighted by Gasteiger charge is 2.14. The van der Waals surface area contributed by atoms with E-state index in [4.69, 9.17) is 16.7 Å². The van der Waals surface area contributed by atoms with Gasteiger partial charge in [-0.15, -0.1) is 0 Å². The van der Waals surface area contributed by atoms with E-state index in [1.807, 2.05) is 19.1 Å². The molecule has 1 aromatic carbocycles. The van der Waals surface area contributed by atoms with Crippen LogP contribution in [0.2, 0.25) is 5.02 Å². The minimum absolute atomic E-state index is 0.0949. The molecule has 0 amide bonds. The minimum atomic E-state index is -0.897. The largest absolute Gasteiger partial charge is 0.481 e. The molecule has 0 aliphatic heterocycles. The average Bonchev–Trinajstić information content (AvgIpc) is 2.61. The molecule has 0 bridgehead atoms. The summed E-state index contributed by atoms with van der Waals surface area (Å²) in [6.07, 6.45) is -0.0949. The molecule has 1 heterocycles. The van der Waals surface area contributed by atoms with E-state index >= 15 is 0 Å².